The van der Waals surface area contributed by atoms with Gasteiger partial charge in [0.2, 0.25) is 0 Å². The Morgan fingerprint density at radius 2 is 1.95 bits per heavy atom. The first-order valence-electron chi connectivity index (χ1n) is 11.3. The number of rotatable bonds is 9. The van der Waals surface area contributed by atoms with Crippen LogP contribution in [0.3, 0.4) is 0 Å². The molecule has 1 aliphatic heterocycles. The van der Waals surface area contributed by atoms with Gasteiger partial charge in [0, 0.05) is 17.6 Å². The van der Waals surface area contributed by atoms with Gasteiger partial charge in [-0.3, -0.25) is 9.13 Å². The number of fused-ring (bicyclic) bond motifs is 1. The van der Waals surface area contributed by atoms with Gasteiger partial charge in [-0.05, 0) is 30.7 Å². The summed E-state index contributed by atoms with van der Waals surface area (Å²) in [6, 6.07) is 8.80. The van der Waals surface area contributed by atoms with Crippen LogP contribution in [0.25, 0.3) is 11.0 Å². The third-order valence-electron chi connectivity index (χ3n) is 6.03. The quantitative estimate of drug-likeness (QED) is 0.176. The van der Waals surface area contributed by atoms with Crippen molar-refractivity contribution in [1.29, 1.82) is 5.26 Å². The lowest BCUT2D eigenvalue weighted by Gasteiger charge is -2.20. The first-order chi connectivity index (χ1) is 18.2. The fraction of sp³-hybridized carbons (Fsp3) is 0.364. The molecule has 39 heavy (non-hydrogen) atoms. The maximum absolute atomic E-state index is 15.2. The summed E-state index contributed by atoms with van der Waals surface area (Å²) < 4.78 is 62.9. The van der Waals surface area contributed by atoms with Gasteiger partial charge in [-0.15, -0.1) is 0 Å². The standard InChI is InChI=1S/C22H23ClF2N4O8P2/c1-11(12-2-4-13(24)5-3-12)27-18-14-6-7-29(21(14)28-20(23)15(18)8-26)22-17(25)19(30)16(37-22)9-36-39(34,35)10-38(31,32)33/h2-7,11,16-17,19,22,30H,9-10H2,1H3,(H,27,28)(H,34,35)(H2,31,32,33)/t11-,16+,17-,19+,22+/m0/s1. The van der Waals surface area contributed by atoms with Gasteiger partial charge in [-0.2, -0.15) is 5.26 Å². The van der Waals surface area contributed by atoms with E-state index in [0.29, 0.717) is 10.9 Å². The minimum absolute atomic E-state index is 0.00934. The number of nitrogens with zero attached hydrogens (tertiary/aromatic N) is 3. The normalized spacial score (nSPS) is 23.9. The predicted molar refractivity (Wildman–Crippen MR) is 135 cm³/mol. The third kappa shape index (κ3) is 6.49. The molecule has 0 amide bonds. The van der Waals surface area contributed by atoms with Crippen molar-refractivity contribution < 1.29 is 47.0 Å². The first-order valence-corrected chi connectivity index (χ1v) is 15.3. The van der Waals surface area contributed by atoms with E-state index in [0.717, 1.165) is 0 Å². The van der Waals surface area contributed by atoms with Gasteiger partial charge in [0.25, 0.3) is 0 Å². The van der Waals surface area contributed by atoms with Crippen molar-refractivity contribution in [1.82, 2.24) is 9.55 Å². The largest absolute Gasteiger partial charge is 0.387 e. The Hall–Kier alpha value is -2.43. The number of nitriles is 1. The van der Waals surface area contributed by atoms with Crippen molar-refractivity contribution in [2.45, 2.75) is 37.6 Å². The van der Waals surface area contributed by atoms with Crippen LogP contribution in [0.1, 0.15) is 30.3 Å². The maximum atomic E-state index is 15.2. The van der Waals surface area contributed by atoms with Crippen LogP contribution >= 0.6 is 26.8 Å². The van der Waals surface area contributed by atoms with Crippen molar-refractivity contribution in [3.8, 4) is 6.07 Å². The zero-order chi connectivity index (χ0) is 28.7. The second-order valence-corrected chi connectivity index (χ2v) is 13.2. The highest BCUT2D eigenvalue weighted by molar-refractivity contribution is 7.70. The monoisotopic (exact) mass is 606 g/mol. The smallest absolute Gasteiger partial charge is 0.340 e. The lowest BCUT2D eigenvalue weighted by atomic mass is 10.1. The first kappa shape index (κ1) is 29.6. The van der Waals surface area contributed by atoms with Gasteiger partial charge in [0.1, 0.15) is 35.3 Å². The second kappa shape index (κ2) is 11.2. The van der Waals surface area contributed by atoms with Crippen molar-refractivity contribution >= 4 is 43.5 Å². The molecule has 0 spiro atoms. The number of hydrogen-bond acceptors (Lipinski definition) is 8. The number of benzene rings is 1. The summed E-state index contributed by atoms with van der Waals surface area (Å²) in [6.45, 7) is 0.941. The Morgan fingerprint density at radius 3 is 2.56 bits per heavy atom. The highest BCUT2D eigenvalue weighted by Crippen LogP contribution is 2.55. The lowest BCUT2D eigenvalue weighted by molar-refractivity contribution is -0.0423. The molecule has 4 rings (SSSR count). The third-order valence-corrected chi connectivity index (χ3v) is 9.76. The molecule has 17 heteroatoms. The van der Waals surface area contributed by atoms with Crippen LogP contribution in [0.15, 0.2) is 36.5 Å². The molecule has 2 aromatic heterocycles. The number of aliphatic hydroxyl groups is 1. The second-order valence-electron chi connectivity index (χ2n) is 8.88. The van der Waals surface area contributed by atoms with Crippen LogP contribution in [0, 0.1) is 17.1 Å². The topological polar surface area (TPSA) is 187 Å². The summed E-state index contributed by atoms with van der Waals surface area (Å²) in [4.78, 5) is 31.7. The molecule has 1 aliphatic rings. The summed E-state index contributed by atoms with van der Waals surface area (Å²) in [5.74, 6) is -1.87. The molecule has 1 aromatic carbocycles. The van der Waals surface area contributed by atoms with Crippen LogP contribution in [0.5, 0.6) is 0 Å². The van der Waals surface area contributed by atoms with E-state index in [1.54, 1.807) is 19.1 Å². The molecular weight excluding hydrogens is 584 g/mol. The molecule has 1 unspecified atom stereocenters. The summed E-state index contributed by atoms with van der Waals surface area (Å²) in [7, 11) is -9.66. The van der Waals surface area contributed by atoms with E-state index >= 15 is 4.39 Å². The summed E-state index contributed by atoms with van der Waals surface area (Å²) in [6.07, 6.45) is -5.47. The van der Waals surface area contributed by atoms with Crippen molar-refractivity contribution in [3.05, 3.63) is 58.6 Å². The van der Waals surface area contributed by atoms with Crippen LogP contribution in [0.4, 0.5) is 14.5 Å². The Labute approximate surface area is 225 Å². The molecule has 210 valence electrons. The highest BCUT2D eigenvalue weighted by Gasteiger charge is 2.47. The Balaban J connectivity index is 1.62. The number of pyridine rings is 1. The van der Waals surface area contributed by atoms with E-state index in [1.165, 1.54) is 29.0 Å². The fourth-order valence-corrected chi connectivity index (χ4v) is 6.96. The molecule has 0 saturated carbocycles. The van der Waals surface area contributed by atoms with Crippen LogP contribution in [-0.2, 0) is 18.4 Å². The highest BCUT2D eigenvalue weighted by atomic mass is 35.5. The van der Waals surface area contributed by atoms with Gasteiger partial charge in [-0.1, -0.05) is 23.7 Å². The van der Waals surface area contributed by atoms with Gasteiger partial charge in [0.05, 0.1) is 12.3 Å². The fourth-order valence-electron chi connectivity index (χ4n) is 4.18. The number of nitrogens with one attached hydrogen (secondary N) is 1. The van der Waals surface area contributed by atoms with Gasteiger partial charge in [-0.25, -0.2) is 13.8 Å². The van der Waals surface area contributed by atoms with E-state index in [-0.39, 0.29) is 22.1 Å². The van der Waals surface area contributed by atoms with Crippen LogP contribution < -0.4 is 5.32 Å². The predicted octanol–water partition coefficient (Wildman–Crippen LogP) is 3.81. The molecule has 3 heterocycles. The number of hydrogen-bond donors (Lipinski definition) is 5. The van der Waals surface area contributed by atoms with E-state index in [1.807, 2.05) is 6.07 Å². The molecule has 1 fully saturated rings. The average Bonchev–Trinajstić information content (AvgIpc) is 3.37. The van der Waals surface area contributed by atoms with Crippen LogP contribution in [0.2, 0.25) is 5.15 Å². The molecule has 3 aromatic rings. The van der Waals surface area contributed by atoms with Gasteiger partial charge in [0.15, 0.2) is 23.5 Å². The number of anilines is 1. The van der Waals surface area contributed by atoms with E-state index in [9.17, 15) is 28.8 Å². The Kier molecular flexibility index (Phi) is 8.50. The van der Waals surface area contributed by atoms with Gasteiger partial charge >= 0.3 is 15.2 Å². The number of halogens is 3. The summed E-state index contributed by atoms with van der Waals surface area (Å²) >= 11 is 6.28. The molecule has 0 bridgehead atoms. The lowest BCUT2D eigenvalue weighted by Crippen LogP contribution is -2.31. The molecular formula is C22H23ClF2N4O8P2. The SMILES string of the molecule is C[C@H](Nc1c(C#N)c(Cl)nc2c1ccn2[C@@H]1O[C@H](COP(=O)(O)CP(=O)(O)O)[C@@H](O)[C@@H]1F)c1ccc(F)cc1. The average molecular weight is 607 g/mol. The zero-order valence-corrected chi connectivity index (χ0v) is 22.6. The van der Waals surface area contributed by atoms with Crippen LogP contribution in [-0.4, -0.2) is 60.2 Å². The Bertz CT molecular complexity index is 1510. The minimum atomic E-state index is -4.89. The summed E-state index contributed by atoms with van der Waals surface area (Å²) in [5, 5.41) is 23.4. The van der Waals surface area contributed by atoms with Gasteiger partial charge < -0.3 is 38.9 Å². The minimum Gasteiger partial charge on any atom is -0.387 e. The number of alkyl halides is 1. The molecule has 0 radical (unpaired) electrons. The maximum Gasteiger partial charge on any atom is 0.340 e. The molecule has 6 atom stereocenters. The molecule has 12 nitrogen and oxygen atoms in total. The summed E-state index contributed by atoms with van der Waals surface area (Å²) in [5.41, 5.74) is 1.07. The van der Waals surface area contributed by atoms with E-state index < -0.39 is 64.2 Å². The molecule has 5 N–H and O–H groups in total. The molecule has 1 saturated heterocycles. The number of aromatic nitrogens is 2. The van der Waals surface area contributed by atoms with Crippen molar-refractivity contribution in [2.75, 3.05) is 17.8 Å². The molecule has 0 aliphatic carbocycles. The van der Waals surface area contributed by atoms with Crippen molar-refractivity contribution in [3.63, 3.8) is 0 Å². The Morgan fingerprint density at radius 1 is 1.28 bits per heavy atom. The van der Waals surface area contributed by atoms with Crippen molar-refractivity contribution in [2.24, 2.45) is 0 Å². The van der Waals surface area contributed by atoms with E-state index in [4.69, 9.17) is 26.1 Å². The number of aliphatic hydroxyl groups excluding tert-OH is 1. The number of ether oxygens (including phenoxy) is 1. The van der Waals surface area contributed by atoms with E-state index in [2.05, 4.69) is 14.8 Å². The zero-order valence-electron chi connectivity index (χ0n) is 20.1.